The van der Waals surface area contributed by atoms with Crippen molar-refractivity contribution in [3.8, 4) is 0 Å². The van der Waals surface area contributed by atoms with Crippen LogP contribution in [0.2, 0.25) is 0 Å². The number of carbonyl (C=O) groups is 1. The molecular weight excluding hydrogens is 304 g/mol. The van der Waals surface area contributed by atoms with Crippen LogP contribution in [0.25, 0.3) is 0 Å². The summed E-state index contributed by atoms with van der Waals surface area (Å²) in [6, 6.07) is 7.92. The summed E-state index contributed by atoms with van der Waals surface area (Å²) in [5.74, 6) is -0.281. The van der Waals surface area contributed by atoms with Gasteiger partial charge in [-0.2, -0.15) is 5.10 Å². The number of hydrogen-bond donors (Lipinski definition) is 1. The van der Waals surface area contributed by atoms with Crippen molar-refractivity contribution in [3.05, 3.63) is 47.7 Å². The molecule has 1 aliphatic rings. The van der Waals surface area contributed by atoms with Crippen LogP contribution in [0.4, 0.5) is 14.6 Å². The lowest BCUT2D eigenvalue weighted by Crippen LogP contribution is -2.31. The number of nitrogens with one attached hydrogen (secondary N) is 1. The van der Waals surface area contributed by atoms with Crippen LogP contribution in [-0.2, 0) is 4.74 Å². The molecule has 0 unspecified atom stereocenters. The Bertz CT molecular complexity index is 688. The number of hydrogen-bond acceptors (Lipinski definition) is 4. The summed E-state index contributed by atoms with van der Waals surface area (Å²) in [4.78, 5) is 12.0. The smallest absolute Gasteiger partial charge is 0.343 e. The molecule has 0 bridgehead atoms. The van der Waals surface area contributed by atoms with Gasteiger partial charge in [-0.15, -0.1) is 0 Å². The van der Waals surface area contributed by atoms with Crippen molar-refractivity contribution < 1.29 is 18.3 Å². The van der Waals surface area contributed by atoms with Crippen LogP contribution in [0.15, 0.2) is 36.5 Å². The molecule has 0 fully saturated rings. The second-order valence-corrected chi connectivity index (χ2v) is 5.32. The molecule has 122 valence electrons. The van der Waals surface area contributed by atoms with Gasteiger partial charge in [-0.3, -0.25) is 0 Å². The molecule has 0 saturated heterocycles. The third-order valence-electron chi connectivity index (χ3n) is 3.89. The van der Waals surface area contributed by atoms with E-state index < -0.39 is 18.4 Å². The molecule has 1 aliphatic heterocycles. The van der Waals surface area contributed by atoms with E-state index in [2.05, 4.69) is 10.4 Å². The fourth-order valence-electron chi connectivity index (χ4n) is 2.80. The largest absolute Gasteiger partial charge is 0.462 e. The zero-order valence-electron chi connectivity index (χ0n) is 12.6. The standard InChI is InChI=1S/C16H17F2N3O2/c1-2-23-16(22)11-9-19-21-13(14(17)18)8-12(20-15(11)21)10-6-4-3-5-7-10/h3-7,9,12-14,20H,2,8H2,1H3/t12-,13-/m1/s1. The minimum atomic E-state index is -2.57. The van der Waals surface area contributed by atoms with Gasteiger partial charge in [0.05, 0.1) is 18.8 Å². The number of fused-ring (bicyclic) bond motifs is 1. The van der Waals surface area contributed by atoms with E-state index in [4.69, 9.17) is 4.74 Å². The van der Waals surface area contributed by atoms with E-state index in [1.807, 2.05) is 30.3 Å². The highest BCUT2D eigenvalue weighted by Crippen LogP contribution is 2.39. The number of anilines is 1. The predicted molar refractivity (Wildman–Crippen MR) is 80.6 cm³/mol. The van der Waals surface area contributed by atoms with Crippen LogP contribution in [0.3, 0.4) is 0 Å². The summed E-state index contributed by atoms with van der Waals surface area (Å²) in [5.41, 5.74) is 1.07. The van der Waals surface area contributed by atoms with Crippen LogP contribution in [-0.4, -0.2) is 28.8 Å². The normalized spacial score (nSPS) is 20.0. The highest BCUT2D eigenvalue weighted by molar-refractivity contribution is 5.94. The Hall–Kier alpha value is -2.44. The van der Waals surface area contributed by atoms with Crippen LogP contribution in [0.5, 0.6) is 0 Å². The minimum absolute atomic E-state index is 0.179. The Balaban J connectivity index is 1.99. The number of rotatable bonds is 4. The second kappa shape index (κ2) is 6.36. The van der Waals surface area contributed by atoms with Gasteiger partial charge < -0.3 is 10.1 Å². The molecule has 2 atom stereocenters. The maximum atomic E-state index is 13.4. The highest BCUT2D eigenvalue weighted by Gasteiger charge is 2.36. The lowest BCUT2D eigenvalue weighted by atomic mass is 9.97. The van der Waals surface area contributed by atoms with Crippen molar-refractivity contribution in [1.82, 2.24) is 9.78 Å². The van der Waals surface area contributed by atoms with Gasteiger partial charge in [0, 0.05) is 0 Å². The maximum Gasteiger partial charge on any atom is 0.343 e. The van der Waals surface area contributed by atoms with Crippen LogP contribution in [0, 0.1) is 0 Å². The first-order chi connectivity index (χ1) is 11.1. The molecule has 7 heteroatoms. The number of ether oxygens (including phenoxy) is 1. The van der Waals surface area contributed by atoms with Gasteiger partial charge in [0.2, 0.25) is 0 Å². The van der Waals surface area contributed by atoms with Crippen molar-refractivity contribution >= 4 is 11.8 Å². The number of benzene rings is 1. The molecule has 2 aromatic rings. The Morgan fingerprint density at radius 1 is 1.43 bits per heavy atom. The number of aromatic nitrogens is 2. The van der Waals surface area contributed by atoms with E-state index in [1.165, 1.54) is 10.9 Å². The fraction of sp³-hybridized carbons (Fsp3) is 0.375. The van der Waals surface area contributed by atoms with Gasteiger partial charge in [0.1, 0.15) is 17.4 Å². The molecular formula is C16H17F2N3O2. The van der Waals surface area contributed by atoms with E-state index in [9.17, 15) is 13.6 Å². The van der Waals surface area contributed by atoms with Crippen LogP contribution >= 0.6 is 0 Å². The number of alkyl halides is 2. The topological polar surface area (TPSA) is 56.1 Å². The van der Waals surface area contributed by atoms with Gasteiger partial charge in [-0.05, 0) is 18.9 Å². The number of nitrogens with zero attached hydrogens (tertiary/aromatic N) is 2. The van der Waals surface area contributed by atoms with Gasteiger partial charge in [-0.1, -0.05) is 30.3 Å². The lowest BCUT2D eigenvalue weighted by molar-refractivity contribution is 0.0521. The number of halogens is 2. The molecule has 1 N–H and O–H groups in total. The number of carbonyl (C=O) groups excluding carboxylic acids is 1. The van der Waals surface area contributed by atoms with E-state index in [0.29, 0.717) is 0 Å². The SMILES string of the molecule is CCOC(=O)c1cnn2c1N[C@@H](c1ccccc1)C[C@@H]2C(F)F. The average molecular weight is 321 g/mol. The monoisotopic (exact) mass is 321 g/mol. The van der Waals surface area contributed by atoms with Crippen molar-refractivity contribution in [2.24, 2.45) is 0 Å². The Morgan fingerprint density at radius 3 is 2.83 bits per heavy atom. The van der Waals surface area contributed by atoms with Crippen molar-refractivity contribution in [3.63, 3.8) is 0 Å². The van der Waals surface area contributed by atoms with Crippen molar-refractivity contribution in [2.45, 2.75) is 31.9 Å². The highest BCUT2D eigenvalue weighted by atomic mass is 19.3. The molecule has 1 aromatic heterocycles. The second-order valence-electron chi connectivity index (χ2n) is 5.32. The molecule has 3 rings (SSSR count). The molecule has 0 aliphatic carbocycles. The third kappa shape index (κ3) is 2.91. The maximum absolute atomic E-state index is 13.4. The zero-order valence-corrected chi connectivity index (χ0v) is 12.6. The predicted octanol–water partition coefficient (Wildman–Crippen LogP) is 3.42. The van der Waals surface area contributed by atoms with E-state index in [-0.39, 0.29) is 30.5 Å². The van der Waals surface area contributed by atoms with Crippen molar-refractivity contribution in [2.75, 3.05) is 11.9 Å². The van der Waals surface area contributed by atoms with Gasteiger partial charge in [0.25, 0.3) is 6.43 Å². The number of esters is 1. The van der Waals surface area contributed by atoms with E-state index in [1.54, 1.807) is 6.92 Å². The Kier molecular flexibility index (Phi) is 4.27. The zero-order chi connectivity index (χ0) is 16.4. The molecule has 2 heterocycles. The average Bonchev–Trinajstić information content (AvgIpc) is 2.98. The summed E-state index contributed by atoms with van der Waals surface area (Å²) in [7, 11) is 0. The van der Waals surface area contributed by atoms with Crippen LogP contribution in [0.1, 0.15) is 41.3 Å². The van der Waals surface area contributed by atoms with E-state index in [0.717, 1.165) is 5.56 Å². The first-order valence-electron chi connectivity index (χ1n) is 7.46. The Labute approximate surface area is 132 Å². The fourth-order valence-corrected chi connectivity index (χ4v) is 2.80. The van der Waals surface area contributed by atoms with E-state index >= 15 is 0 Å². The third-order valence-corrected chi connectivity index (χ3v) is 3.89. The summed E-state index contributed by atoms with van der Waals surface area (Å²) in [6.45, 7) is 1.90. The van der Waals surface area contributed by atoms with Gasteiger partial charge >= 0.3 is 5.97 Å². The molecule has 1 aromatic carbocycles. The first kappa shape index (κ1) is 15.5. The Morgan fingerprint density at radius 2 is 2.17 bits per heavy atom. The first-order valence-corrected chi connectivity index (χ1v) is 7.46. The molecule has 0 spiro atoms. The van der Waals surface area contributed by atoms with Gasteiger partial charge in [-0.25, -0.2) is 18.3 Å². The van der Waals surface area contributed by atoms with Gasteiger partial charge in [0.15, 0.2) is 0 Å². The van der Waals surface area contributed by atoms with Crippen molar-refractivity contribution in [1.29, 1.82) is 0 Å². The molecule has 0 amide bonds. The molecule has 0 saturated carbocycles. The molecule has 5 nitrogen and oxygen atoms in total. The van der Waals surface area contributed by atoms with Crippen LogP contribution < -0.4 is 5.32 Å². The molecule has 23 heavy (non-hydrogen) atoms. The minimum Gasteiger partial charge on any atom is -0.462 e. The quantitative estimate of drug-likeness (QED) is 0.877. The lowest BCUT2D eigenvalue weighted by Gasteiger charge is -2.32. The summed E-state index contributed by atoms with van der Waals surface area (Å²) < 4.78 is 33.0. The summed E-state index contributed by atoms with van der Waals surface area (Å²) in [6.07, 6.45) is -1.10. The summed E-state index contributed by atoms with van der Waals surface area (Å²) >= 11 is 0. The molecule has 0 radical (unpaired) electrons. The summed E-state index contributed by atoms with van der Waals surface area (Å²) in [5, 5.41) is 7.12.